The van der Waals surface area contributed by atoms with E-state index in [1.165, 1.54) is 22.3 Å². The van der Waals surface area contributed by atoms with Gasteiger partial charge in [0.1, 0.15) is 5.75 Å². The number of anilines is 1. The molecule has 2 aromatic carbocycles. The number of ether oxygens (including phenoxy) is 1. The molecule has 0 bridgehead atoms. The Kier molecular flexibility index (Phi) is 3.57. The second kappa shape index (κ2) is 5.37. The summed E-state index contributed by atoms with van der Waals surface area (Å²) in [6.07, 6.45) is 2.25. The van der Waals surface area contributed by atoms with E-state index in [0.717, 1.165) is 10.2 Å². The molecule has 0 aromatic heterocycles. The molecule has 1 N–H and O–H groups in total. The van der Waals surface area contributed by atoms with Crippen LogP contribution >= 0.6 is 15.9 Å². The summed E-state index contributed by atoms with van der Waals surface area (Å²) in [4.78, 5) is 0. The van der Waals surface area contributed by atoms with Crippen LogP contribution in [0.1, 0.15) is 11.1 Å². The molecule has 0 radical (unpaired) electrons. The topological polar surface area (TPSA) is 21.3 Å². The van der Waals surface area contributed by atoms with Gasteiger partial charge >= 0.3 is 0 Å². The minimum atomic E-state index is 0.274. The smallest absolute Gasteiger partial charge is 0.283 e. The Morgan fingerprint density at radius 3 is 2.80 bits per heavy atom. The summed E-state index contributed by atoms with van der Waals surface area (Å²) in [5.41, 5.74) is 4.84. The molecule has 20 heavy (non-hydrogen) atoms. The van der Waals surface area contributed by atoms with Crippen molar-refractivity contribution in [1.82, 2.24) is 0 Å². The van der Waals surface area contributed by atoms with Crippen LogP contribution in [0.3, 0.4) is 0 Å². The lowest BCUT2D eigenvalue weighted by Crippen LogP contribution is -2.26. The molecule has 0 fully saturated rings. The predicted molar refractivity (Wildman–Crippen MR) is 90.2 cm³/mol. The zero-order chi connectivity index (χ0) is 14.1. The van der Waals surface area contributed by atoms with Crippen molar-refractivity contribution < 1.29 is 4.74 Å². The molecule has 1 heterocycles. The van der Waals surface area contributed by atoms with Crippen molar-refractivity contribution in [2.45, 2.75) is 6.82 Å². The molecule has 0 atom stereocenters. The van der Waals surface area contributed by atoms with E-state index in [0.29, 0.717) is 0 Å². The van der Waals surface area contributed by atoms with Crippen LogP contribution in [-0.2, 0) is 0 Å². The zero-order valence-electron chi connectivity index (χ0n) is 11.5. The number of nitrogens with one attached hydrogen (secondary N) is 1. The number of hydrogen-bond donors (Lipinski definition) is 1. The lowest BCUT2D eigenvalue weighted by atomic mass is 9.53. The quantitative estimate of drug-likeness (QED) is 0.815. The summed E-state index contributed by atoms with van der Waals surface area (Å²) in [6.45, 7) is 2.45. The number of methoxy groups -OCH3 is 1. The highest BCUT2D eigenvalue weighted by molar-refractivity contribution is 9.10. The van der Waals surface area contributed by atoms with Gasteiger partial charge in [0.2, 0.25) is 0 Å². The third-order valence-corrected chi connectivity index (χ3v) is 4.06. The fourth-order valence-electron chi connectivity index (χ4n) is 2.52. The molecule has 0 saturated heterocycles. The molecular formula is C16H15BBrNO. The van der Waals surface area contributed by atoms with Crippen LogP contribution in [0.5, 0.6) is 5.75 Å². The highest BCUT2D eigenvalue weighted by atomic mass is 79.9. The molecule has 3 rings (SSSR count). The maximum absolute atomic E-state index is 5.31. The van der Waals surface area contributed by atoms with Crippen molar-refractivity contribution in [2.75, 3.05) is 12.3 Å². The van der Waals surface area contributed by atoms with Crippen molar-refractivity contribution in [3.05, 3.63) is 58.1 Å². The van der Waals surface area contributed by atoms with Crippen LogP contribution in [0.15, 0.2) is 46.9 Å². The van der Waals surface area contributed by atoms with Gasteiger partial charge in [0.15, 0.2) is 0 Å². The molecule has 1 aliphatic heterocycles. The zero-order valence-corrected chi connectivity index (χ0v) is 13.1. The van der Waals surface area contributed by atoms with E-state index in [1.54, 1.807) is 7.11 Å². The monoisotopic (exact) mass is 327 g/mol. The molecule has 0 aliphatic carbocycles. The number of fused-ring (bicyclic) bond motifs is 1. The van der Waals surface area contributed by atoms with E-state index in [1.807, 2.05) is 12.1 Å². The first-order chi connectivity index (χ1) is 9.67. The molecule has 4 heteroatoms. The van der Waals surface area contributed by atoms with Gasteiger partial charge in [0.05, 0.1) is 7.11 Å². The largest absolute Gasteiger partial charge is 0.497 e. The number of halogens is 1. The Hall–Kier alpha value is -1.68. The number of hydrogen-bond acceptors (Lipinski definition) is 2. The third kappa shape index (κ3) is 2.48. The Labute approximate surface area is 128 Å². The lowest BCUT2D eigenvalue weighted by Gasteiger charge is -2.23. The van der Waals surface area contributed by atoms with Crippen molar-refractivity contribution >= 4 is 40.0 Å². The summed E-state index contributed by atoms with van der Waals surface area (Å²) in [6, 6.07) is 14.5. The minimum absolute atomic E-state index is 0.274. The summed E-state index contributed by atoms with van der Waals surface area (Å²) >= 11 is 3.53. The van der Waals surface area contributed by atoms with Gasteiger partial charge in [-0.3, -0.25) is 0 Å². The highest BCUT2D eigenvalue weighted by Gasteiger charge is 2.22. The van der Waals surface area contributed by atoms with E-state index in [9.17, 15) is 0 Å². The Morgan fingerprint density at radius 2 is 2.00 bits per heavy atom. The van der Waals surface area contributed by atoms with Gasteiger partial charge in [-0.25, -0.2) is 0 Å². The molecule has 2 aromatic rings. The van der Waals surface area contributed by atoms with Crippen molar-refractivity contribution in [3.63, 3.8) is 0 Å². The van der Waals surface area contributed by atoms with E-state index in [2.05, 4.69) is 64.4 Å². The van der Waals surface area contributed by atoms with Crippen molar-refractivity contribution in [3.8, 4) is 5.75 Å². The fraction of sp³-hybridized carbons (Fsp3) is 0.125. The van der Waals surface area contributed by atoms with Gasteiger partial charge in [0.25, 0.3) is 6.85 Å². The molecule has 0 unspecified atom stereocenters. The van der Waals surface area contributed by atoms with E-state index >= 15 is 0 Å². The Balaban J connectivity index is 2.08. The van der Waals surface area contributed by atoms with Gasteiger partial charge < -0.3 is 9.96 Å². The maximum Gasteiger partial charge on any atom is 0.283 e. The first kappa shape index (κ1) is 13.3. The van der Waals surface area contributed by atoms with Gasteiger partial charge in [-0.15, -0.1) is 0 Å². The average molecular weight is 328 g/mol. The summed E-state index contributed by atoms with van der Waals surface area (Å²) in [5.74, 6) is 0.885. The molecule has 0 saturated carbocycles. The standard InChI is InChI=1S/C16H15BBrNO/c1-17-15(11-4-3-5-14(9-11)20-2)10-12-8-13(18)6-7-16(12)19-17/h3-10,19H,1-2H3. The van der Waals surface area contributed by atoms with Crippen LogP contribution in [0.2, 0.25) is 6.82 Å². The van der Waals surface area contributed by atoms with Crippen LogP contribution in [0.25, 0.3) is 11.5 Å². The van der Waals surface area contributed by atoms with Crippen LogP contribution < -0.4 is 9.96 Å². The van der Waals surface area contributed by atoms with Gasteiger partial charge in [-0.2, -0.15) is 0 Å². The van der Waals surface area contributed by atoms with Crippen LogP contribution in [-0.4, -0.2) is 14.0 Å². The van der Waals surface area contributed by atoms with Crippen molar-refractivity contribution in [2.24, 2.45) is 0 Å². The highest BCUT2D eigenvalue weighted by Crippen LogP contribution is 2.33. The maximum atomic E-state index is 5.31. The first-order valence-corrected chi connectivity index (χ1v) is 7.39. The second-order valence-electron chi connectivity index (χ2n) is 4.93. The lowest BCUT2D eigenvalue weighted by molar-refractivity contribution is 0.414. The average Bonchev–Trinajstić information content (AvgIpc) is 2.47. The number of benzene rings is 2. The molecule has 0 spiro atoms. The Morgan fingerprint density at radius 1 is 1.15 bits per heavy atom. The van der Waals surface area contributed by atoms with Crippen molar-refractivity contribution in [1.29, 1.82) is 0 Å². The minimum Gasteiger partial charge on any atom is -0.497 e. The molecule has 1 aliphatic rings. The molecule has 100 valence electrons. The fourth-order valence-corrected chi connectivity index (χ4v) is 2.90. The van der Waals surface area contributed by atoms with Crippen LogP contribution in [0.4, 0.5) is 5.69 Å². The third-order valence-electron chi connectivity index (χ3n) is 3.57. The molecular weight excluding hydrogens is 313 g/mol. The van der Waals surface area contributed by atoms with Gasteiger partial charge in [0, 0.05) is 10.2 Å². The summed E-state index contributed by atoms with van der Waals surface area (Å²) in [7, 11) is 1.70. The SMILES string of the molecule is COc1cccc(C2=Cc3cc(Br)ccc3NB2C)c1. The second-order valence-corrected chi connectivity index (χ2v) is 5.84. The predicted octanol–water partition coefficient (Wildman–Crippen LogP) is 4.58. The van der Waals surface area contributed by atoms with Gasteiger partial charge in [-0.05, 0) is 46.9 Å². The van der Waals surface area contributed by atoms with E-state index in [4.69, 9.17) is 4.74 Å². The summed E-state index contributed by atoms with van der Waals surface area (Å²) in [5, 5.41) is 3.54. The number of rotatable bonds is 2. The molecule has 2 nitrogen and oxygen atoms in total. The Bertz CT molecular complexity index is 684. The molecule has 0 amide bonds. The summed E-state index contributed by atoms with van der Waals surface area (Å²) < 4.78 is 6.41. The van der Waals surface area contributed by atoms with Crippen LogP contribution in [0, 0.1) is 0 Å². The normalized spacial score (nSPS) is 13.3. The van der Waals surface area contributed by atoms with E-state index in [-0.39, 0.29) is 6.85 Å². The van der Waals surface area contributed by atoms with Gasteiger partial charge in [-0.1, -0.05) is 41.0 Å². The van der Waals surface area contributed by atoms with E-state index < -0.39 is 0 Å². The first-order valence-electron chi connectivity index (χ1n) is 6.59.